The Morgan fingerprint density at radius 3 is 2.25 bits per heavy atom. The molecule has 0 aliphatic carbocycles. The molecule has 1 rings (SSSR count). The maximum Gasteiger partial charge on any atom is 0.129 e. The SMILES string of the molecule is CC(C=C(C#N)C#N)=Cc1ccc(F)cc1. The van der Waals surface area contributed by atoms with E-state index in [1.165, 1.54) is 18.2 Å². The first-order chi connectivity index (χ1) is 7.65. The molecule has 0 aliphatic heterocycles. The van der Waals surface area contributed by atoms with Crippen LogP contribution in [0.5, 0.6) is 0 Å². The summed E-state index contributed by atoms with van der Waals surface area (Å²) in [6, 6.07) is 9.53. The topological polar surface area (TPSA) is 47.6 Å². The number of hydrogen-bond acceptors (Lipinski definition) is 2. The van der Waals surface area contributed by atoms with E-state index in [-0.39, 0.29) is 11.4 Å². The Bertz CT molecular complexity index is 494. The van der Waals surface area contributed by atoms with Crippen LogP contribution in [0.2, 0.25) is 0 Å². The molecule has 78 valence electrons. The molecule has 0 unspecified atom stereocenters. The van der Waals surface area contributed by atoms with Gasteiger partial charge in [-0.05, 0) is 36.3 Å². The van der Waals surface area contributed by atoms with E-state index in [0.717, 1.165) is 11.1 Å². The van der Waals surface area contributed by atoms with Crippen molar-refractivity contribution in [2.24, 2.45) is 0 Å². The van der Waals surface area contributed by atoms with Crippen molar-refractivity contribution in [3.63, 3.8) is 0 Å². The zero-order chi connectivity index (χ0) is 12.0. The Kier molecular flexibility index (Phi) is 4.00. The normalized spacial score (nSPS) is 10.1. The highest BCUT2D eigenvalue weighted by atomic mass is 19.1. The van der Waals surface area contributed by atoms with Gasteiger partial charge in [0, 0.05) is 0 Å². The molecule has 0 saturated heterocycles. The molecule has 1 aromatic carbocycles. The summed E-state index contributed by atoms with van der Waals surface area (Å²) in [5.74, 6) is -0.292. The minimum absolute atomic E-state index is 0.0517. The highest BCUT2D eigenvalue weighted by Crippen LogP contribution is 2.10. The minimum Gasteiger partial charge on any atom is -0.207 e. The maximum absolute atomic E-state index is 12.6. The minimum atomic E-state index is -0.292. The van der Waals surface area contributed by atoms with Gasteiger partial charge in [0.2, 0.25) is 0 Å². The molecule has 1 aromatic rings. The first kappa shape index (κ1) is 11.7. The van der Waals surface area contributed by atoms with Gasteiger partial charge in [-0.25, -0.2) is 4.39 Å². The summed E-state index contributed by atoms with van der Waals surface area (Å²) >= 11 is 0. The highest BCUT2D eigenvalue weighted by Gasteiger charge is 1.94. The number of benzene rings is 1. The lowest BCUT2D eigenvalue weighted by Gasteiger charge is -1.95. The van der Waals surface area contributed by atoms with Crippen LogP contribution >= 0.6 is 0 Å². The van der Waals surface area contributed by atoms with Crippen LogP contribution in [-0.4, -0.2) is 0 Å². The van der Waals surface area contributed by atoms with Crippen molar-refractivity contribution in [2.45, 2.75) is 6.92 Å². The molecule has 0 spiro atoms. The third-order valence-electron chi connectivity index (χ3n) is 1.88. The van der Waals surface area contributed by atoms with Crippen molar-refractivity contribution < 1.29 is 4.39 Å². The largest absolute Gasteiger partial charge is 0.207 e. The van der Waals surface area contributed by atoms with Crippen LogP contribution in [0.1, 0.15) is 12.5 Å². The van der Waals surface area contributed by atoms with Crippen LogP contribution in [0.15, 0.2) is 41.5 Å². The van der Waals surface area contributed by atoms with Gasteiger partial charge in [-0.15, -0.1) is 0 Å². The summed E-state index contributed by atoms with van der Waals surface area (Å²) in [7, 11) is 0. The van der Waals surface area contributed by atoms with E-state index in [2.05, 4.69) is 0 Å². The Hall–Kier alpha value is -2.39. The van der Waals surface area contributed by atoms with E-state index in [4.69, 9.17) is 10.5 Å². The van der Waals surface area contributed by atoms with Gasteiger partial charge in [0.15, 0.2) is 0 Å². The zero-order valence-electron chi connectivity index (χ0n) is 8.74. The quantitative estimate of drug-likeness (QED) is 0.558. The fourth-order valence-corrected chi connectivity index (χ4v) is 1.18. The fourth-order valence-electron chi connectivity index (χ4n) is 1.18. The van der Waals surface area contributed by atoms with E-state index in [1.54, 1.807) is 37.3 Å². The van der Waals surface area contributed by atoms with Gasteiger partial charge in [-0.3, -0.25) is 0 Å². The molecule has 0 atom stereocenters. The van der Waals surface area contributed by atoms with E-state index in [1.807, 2.05) is 0 Å². The van der Waals surface area contributed by atoms with Crippen molar-refractivity contribution in [3.8, 4) is 12.1 Å². The van der Waals surface area contributed by atoms with Gasteiger partial charge in [0.05, 0.1) is 0 Å². The predicted molar refractivity (Wildman–Crippen MR) is 59.4 cm³/mol. The second-order valence-electron chi connectivity index (χ2n) is 3.22. The summed E-state index contributed by atoms with van der Waals surface area (Å²) in [4.78, 5) is 0. The Morgan fingerprint density at radius 1 is 1.19 bits per heavy atom. The molecule has 2 nitrogen and oxygen atoms in total. The first-order valence-electron chi connectivity index (χ1n) is 4.61. The number of halogens is 1. The molecule has 0 bridgehead atoms. The molecule has 0 radical (unpaired) electrons. The summed E-state index contributed by atoms with van der Waals surface area (Å²) in [5, 5.41) is 17.1. The molecule has 16 heavy (non-hydrogen) atoms. The third kappa shape index (κ3) is 3.40. The van der Waals surface area contributed by atoms with Gasteiger partial charge in [-0.2, -0.15) is 10.5 Å². The van der Waals surface area contributed by atoms with E-state index < -0.39 is 0 Å². The molecule has 3 heteroatoms. The second kappa shape index (κ2) is 5.48. The van der Waals surface area contributed by atoms with Crippen molar-refractivity contribution in [1.82, 2.24) is 0 Å². The molecule has 0 fully saturated rings. The Morgan fingerprint density at radius 2 is 1.75 bits per heavy atom. The van der Waals surface area contributed by atoms with Gasteiger partial charge >= 0.3 is 0 Å². The average Bonchev–Trinajstić information content (AvgIpc) is 2.29. The molecule has 0 saturated carbocycles. The van der Waals surface area contributed by atoms with Gasteiger partial charge in [0.1, 0.15) is 23.5 Å². The molecular weight excluding hydrogens is 203 g/mol. The zero-order valence-corrected chi connectivity index (χ0v) is 8.74. The van der Waals surface area contributed by atoms with Crippen LogP contribution in [0, 0.1) is 28.5 Å². The number of nitrogens with zero attached hydrogens (tertiary/aromatic N) is 2. The summed E-state index contributed by atoms with van der Waals surface area (Å²) in [6.45, 7) is 1.78. The molecule has 0 N–H and O–H groups in total. The lowest BCUT2D eigenvalue weighted by atomic mass is 10.1. The summed E-state index contributed by atoms with van der Waals surface area (Å²) in [6.07, 6.45) is 3.26. The smallest absolute Gasteiger partial charge is 0.129 e. The van der Waals surface area contributed by atoms with E-state index in [0.29, 0.717) is 0 Å². The Balaban J connectivity index is 2.95. The van der Waals surface area contributed by atoms with Crippen molar-refractivity contribution in [2.75, 3.05) is 0 Å². The number of hydrogen-bond donors (Lipinski definition) is 0. The lowest BCUT2D eigenvalue weighted by molar-refractivity contribution is 0.628. The van der Waals surface area contributed by atoms with Gasteiger partial charge < -0.3 is 0 Å². The molecular formula is C13H9FN2. The third-order valence-corrected chi connectivity index (χ3v) is 1.88. The van der Waals surface area contributed by atoms with E-state index in [9.17, 15) is 4.39 Å². The van der Waals surface area contributed by atoms with Gasteiger partial charge in [-0.1, -0.05) is 18.2 Å². The summed E-state index contributed by atoms with van der Waals surface area (Å²) < 4.78 is 12.6. The van der Waals surface area contributed by atoms with Crippen LogP contribution in [0.3, 0.4) is 0 Å². The van der Waals surface area contributed by atoms with Crippen molar-refractivity contribution in [1.29, 1.82) is 10.5 Å². The van der Waals surface area contributed by atoms with Crippen LogP contribution < -0.4 is 0 Å². The number of allylic oxidation sites excluding steroid dienone is 3. The van der Waals surface area contributed by atoms with Crippen LogP contribution in [0.4, 0.5) is 4.39 Å². The number of rotatable bonds is 2. The van der Waals surface area contributed by atoms with E-state index >= 15 is 0 Å². The van der Waals surface area contributed by atoms with Gasteiger partial charge in [0.25, 0.3) is 0 Å². The van der Waals surface area contributed by atoms with Crippen molar-refractivity contribution >= 4 is 6.08 Å². The summed E-state index contributed by atoms with van der Waals surface area (Å²) in [5.41, 5.74) is 1.64. The highest BCUT2D eigenvalue weighted by molar-refractivity contribution is 5.57. The van der Waals surface area contributed by atoms with Crippen LogP contribution in [0.25, 0.3) is 6.08 Å². The second-order valence-corrected chi connectivity index (χ2v) is 3.22. The molecule has 0 aromatic heterocycles. The lowest BCUT2D eigenvalue weighted by Crippen LogP contribution is -1.78. The fraction of sp³-hybridized carbons (Fsp3) is 0.0769. The molecule has 0 heterocycles. The Labute approximate surface area is 93.6 Å². The van der Waals surface area contributed by atoms with Crippen LogP contribution in [-0.2, 0) is 0 Å². The standard InChI is InChI=1S/C13H9FN2/c1-10(7-12(8-15)9-16)6-11-2-4-13(14)5-3-11/h2-7H,1H3. The van der Waals surface area contributed by atoms with Crippen molar-refractivity contribution in [3.05, 3.63) is 52.9 Å². The maximum atomic E-state index is 12.6. The molecule has 0 aliphatic rings. The first-order valence-corrected chi connectivity index (χ1v) is 4.61. The average molecular weight is 212 g/mol. The number of nitriles is 2. The monoisotopic (exact) mass is 212 g/mol. The predicted octanol–water partition coefficient (Wildman–Crippen LogP) is 3.20. The molecule has 0 amide bonds.